The number of nitrogens with zero attached hydrogens (tertiary/aromatic N) is 2. The van der Waals surface area contributed by atoms with Crippen molar-refractivity contribution in [3.8, 4) is 11.5 Å². The molecule has 1 N–H and O–H groups in total. The number of oxazole rings is 1. The van der Waals surface area contributed by atoms with E-state index in [1.165, 1.54) is 24.8 Å². The second-order valence-electron chi connectivity index (χ2n) is 9.50. The number of nitrogens with one attached hydrogen (secondary N) is 1. The van der Waals surface area contributed by atoms with E-state index in [0.29, 0.717) is 17.9 Å². The van der Waals surface area contributed by atoms with E-state index in [9.17, 15) is 4.79 Å². The van der Waals surface area contributed by atoms with Crippen molar-refractivity contribution < 1.29 is 9.21 Å². The Bertz CT molecular complexity index is 865. The minimum absolute atomic E-state index is 0.149. The number of aromatic nitrogens is 1. The maximum atomic E-state index is 12.8. The average Bonchev–Trinajstić information content (AvgIpc) is 3.16. The molecule has 1 saturated heterocycles. The first-order chi connectivity index (χ1) is 15.0. The summed E-state index contributed by atoms with van der Waals surface area (Å²) >= 11 is 0. The molecule has 5 nitrogen and oxygen atoms in total. The van der Waals surface area contributed by atoms with Crippen LogP contribution in [0, 0.1) is 18.8 Å². The number of hydrogen-bond donors (Lipinski definition) is 1. The van der Waals surface area contributed by atoms with Crippen molar-refractivity contribution in [2.45, 2.75) is 78.3 Å². The molecule has 0 bridgehead atoms. The van der Waals surface area contributed by atoms with Crippen LogP contribution in [0.5, 0.6) is 0 Å². The number of piperidine rings is 1. The van der Waals surface area contributed by atoms with Crippen LogP contribution >= 0.6 is 0 Å². The summed E-state index contributed by atoms with van der Waals surface area (Å²) in [5, 5.41) is 3.36. The molecule has 2 unspecified atom stereocenters. The Balaban J connectivity index is 1.29. The third-order valence-electron chi connectivity index (χ3n) is 7.27. The summed E-state index contributed by atoms with van der Waals surface area (Å²) in [7, 11) is 0. The Kier molecular flexibility index (Phi) is 7.11. The van der Waals surface area contributed by atoms with E-state index in [2.05, 4.69) is 48.3 Å². The van der Waals surface area contributed by atoms with Gasteiger partial charge in [-0.05, 0) is 75.7 Å². The Hall–Kier alpha value is -2.14. The van der Waals surface area contributed by atoms with Crippen LogP contribution in [0.3, 0.4) is 0 Å². The predicted molar refractivity (Wildman–Crippen MR) is 124 cm³/mol. The molecule has 2 fully saturated rings. The second kappa shape index (κ2) is 9.99. The highest BCUT2D eigenvalue weighted by molar-refractivity contribution is 5.79. The quantitative estimate of drug-likeness (QED) is 0.701. The Morgan fingerprint density at radius 1 is 1.13 bits per heavy atom. The third-order valence-corrected chi connectivity index (χ3v) is 7.27. The van der Waals surface area contributed by atoms with Crippen molar-refractivity contribution in [3.63, 3.8) is 0 Å². The van der Waals surface area contributed by atoms with Crippen molar-refractivity contribution >= 4 is 5.91 Å². The smallest absolute Gasteiger partial charge is 0.226 e. The van der Waals surface area contributed by atoms with Crippen LogP contribution in [0.1, 0.15) is 69.4 Å². The first kappa shape index (κ1) is 22.1. The molecule has 2 heterocycles. The van der Waals surface area contributed by atoms with Crippen LogP contribution in [0.4, 0.5) is 0 Å². The lowest BCUT2D eigenvalue weighted by atomic mass is 9.85. The zero-order valence-electron chi connectivity index (χ0n) is 19.3. The summed E-state index contributed by atoms with van der Waals surface area (Å²) in [5.74, 6) is 2.62. The first-order valence-electron chi connectivity index (χ1n) is 12.1. The van der Waals surface area contributed by atoms with Gasteiger partial charge >= 0.3 is 0 Å². The van der Waals surface area contributed by atoms with E-state index in [4.69, 9.17) is 9.40 Å². The van der Waals surface area contributed by atoms with Crippen LogP contribution in [0.2, 0.25) is 0 Å². The van der Waals surface area contributed by atoms with Crippen LogP contribution in [0.25, 0.3) is 11.5 Å². The van der Waals surface area contributed by atoms with Crippen LogP contribution < -0.4 is 5.32 Å². The molecule has 1 aliphatic carbocycles. The molecule has 2 atom stereocenters. The summed E-state index contributed by atoms with van der Waals surface area (Å²) in [6.07, 6.45) is 7.81. The lowest BCUT2D eigenvalue weighted by Gasteiger charge is -2.34. The number of benzene rings is 1. The molecule has 1 aromatic heterocycles. The largest absolute Gasteiger partial charge is 0.441 e. The van der Waals surface area contributed by atoms with Gasteiger partial charge in [-0.2, -0.15) is 0 Å². The van der Waals surface area contributed by atoms with Gasteiger partial charge in [0, 0.05) is 24.1 Å². The SMILES string of the molecule is CCc1ccc(-c2nc(CN3CCC(C(=O)NC4CCCCC4C)CC3)c(C)o2)cc1. The molecule has 168 valence electrons. The first-order valence-corrected chi connectivity index (χ1v) is 12.1. The molecule has 1 amide bonds. The van der Waals surface area contributed by atoms with Gasteiger partial charge in [0.1, 0.15) is 5.76 Å². The summed E-state index contributed by atoms with van der Waals surface area (Å²) < 4.78 is 5.97. The van der Waals surface area contributed by atoms with Crippen molar-refractivity contribution in [2.24, 2.45) is 11.8 Å². The Morgan fingerprint density at radius 2 is 1.84 bits per heavy atom. The zero-order chi connectivity index (χ0) is 21.8. The molecule has 4 rings (SSSR count). The minimum Gasteiger partial charge on any atom is -0.441 e. The maximum absolute atomic E-state index is 12.8. The number of carbonyl (C=O) groups is 1. The van der Waals surface area contributed by atoms with Crippen molar-refractivity contribution in [3.05, 3.63) is 41.3 Å². The highest BCUT2D eigenvalue weighted by Crippen LogP contribution is 2.27. The van der Waals surface area contributed by atoms with Gasteiger partial charge in [-0.3, -0.25) is 9.69 Å². The van der Waals surface area contributed by atoms with Crippen LogP contribution in [-0.2, 0) is 17.8 Å². The van der Waals surface area contributed by atoms with Crippen molar-refractivity contribution in [2.75, 3.05) is 13.1 Å². The van der Waals surface area contributed by atoms with Gasteiger partial charge in [-0.25, -0.2) is 4.98 Å². The van der Waals surface area contributed by atoms with Gasteiger partial charge in [-0.1, -0.05) is 38.8 Å². The van der Waals surface area contributed by atoms with E-state index in [1.54, 1.807) is 0 Å². The summed E-state index contributed by atoms with van der Waals surface area (Å²) in [4.78, 5) is 20.0. The van der Waals surface area contributed by atoms with Gasteiger partial charge in [0.25, 0.3) is 0 Å². The second-order valence-corrected chi connectivity index (χ2v) is 9.50. The van der Waals surface area contributed by atoms with Crippen molar-refractivity contribution in [1.82, 2.24) is 15.2 Å². The van der Waals surface area contributed by atoms with Crippen LogP contribution in [-0.4, -0.2) is 34.9 Å². The number of carbonyl (C=O) groups excluding carboxylic acids is 1. The monoisotopic (exact) mass is 423 g/mol. The van der Waals surface area contributed by atoms with Gasteiger partial charge < -0.3 is 9.73 Å². The molecular formula is C26H37N3O2. The summed E-state index contributed by atoms with van der Waals surface area (Å²) in [6.45, 7) is 9.09. The predicted octanol–water partition coefficient (Wildman–Crippen LogP) is 5.12. The highest BCUT2D eigenvalue weighted by Gasteiger charge is 2.29. The molecule has 31 heavy (non-hydrogen) atoms. The normalized spacial score (nSPS) is 23.1. The molecule has 5 heteroatoms. The fourth-order valence-corrected chi connectivity index (χ4v) is 4.98. The maximum Gasteiger partial charge on any atom is 0.226 e. The highest BCUT2D eigenvalue weighted by atomic mass is 16.4. The summed E-state index contributed by atoms with van der Waals surface area (Å²) in [5.41, 5.74) is 3.35. The lowest BCUT2D eigenvalue weighted by Crippen LogP contribution is -2.46. The number of aryl methyl sites for hydroxylation is 2. The minimum atomic E-state index is 0.149. The zero-order valence-corrected chi connectivity index (χ0v) is 19.3. The molecule has 1 aliphatic heterocycles. The molecule has 0 spiro atoms. The van der Waals surface area contributed by atoms with E-state index in [0.717, 1.165) is 62.3 Å². The van der Waals surface area contributed by atoms with E-state index in [-0.39, 0.29) is 11.8 Å². The van der Waals surface area contributed by atoms with Crippen LogP contribution in [0.15, 0.2) is 28.7 Å². The standard InChI is InChI=1S/C26H37N3O2/c1-4-20-9-11-22(12-10-20)26-28-24(19(3)31-26)17-29-15-13-21(14-16-29)25(30)27-23-8-6-5-7-18(23)2/h9-12,18,21,23H,4-8,13-17H2,1-3H3,(H,27,30). The van der Waals surface area contributed by atoms with Gasteiger partial charge in [-0.15, -0.1) is 0 Å². The van der Waals surface area contributed by atoms with Gasteiger partial charge in [0.05, 0.1) is 5.69 Å². The number of likely N-dealkylation sites (tertiary alicyclic amines) is 1. The van der Waals surface area contributed by atoms with Gasteiger partial charge in [0.2, 0.25) is 11.8 Å². The molecule has 1 aromatic carbocycles. The molecule has 2 aromatic rings. The van der Waals surface area contributed by atoms with Crippen molar-refractivity contribution in [1.29, 1.82) is 0 Å². The Labute approximate surface area is 186 Å². The molecule has 1 saturated carbocycles. The topological polar surface area (TPSA) is 58.4 Å². The average molecular weight is 424 g/mol. The number of hydrogen-bond acceptors (Lipinski definition) is 4. The molecule has 2 aliphatic rings. The number of rotatable bonds is 6. The van der Waals surface area contributed by atoms with E-state index in [1.807, 2.05) is 6.92 Å². The van der Waals surface area contributed by atoms with E-state index < -0.39 is 0 Å². The molecule has 0 radical (unpaired) electrons. The number of amides is 1. The Morgan fingerprint density at radius 3 is 2.52 bits per heavy atom. The molecular weight excluding hydrogens is 386 g/mol. The third kappa shape index (κ3) is 5.38. The fourth-order valence-electron chi connectivity index (χ4n) is 4.98. The summed E-state index contributed by atoms with van der Waals surface area (Å²) in [6, 6.07) is 8.83. The van der Waals surface area contributed by atoms with E-state index >= 15 is 0 Å². The fraction of sp³-hybridized carbons (Fsp3) is 0.615. The van der Waals surface area contributed by atoms with Gasteiger partial charge in [0.15, 0.2) is 0 Å². The lowest BCUT2D eigenvalue weighted by molar-refractivity contribution is -0.127.